The molecular weight excluding hydrogens is 471 g/mol. The van der Waals surface area contributed by atoms with Crippen LogP contribution in [0.25, 0.3) is 0 Å². The quantitative estimate of drug-likeness (QED) is 0.487. The predicted octanol–water partition coefficient (Wildman–Crippen LogP) is 4.95. The molecule has 1 N–H and O–H groups in total. The van der Waals surface area contributed by atoms with E-state index in [2.05, 4.69) is 25.7 Å². The number of halogens is 1. The van der Waals surface area contributed by atoms with Crippen molar-refractivity contribution in [2.24, 2.45) is 28.6 Å². The smallest absolute Gasteiger partial charge is 0.408 e. The number of sulfonamides is 1. The van der Waals surface area contributed by atoms with Crippen LogP contribution in [0, 0.1) is 28.6 Å². The molecule has 9 heteroatoms. The van der Waals surface area contributed by atoms with E-state index in [4.69, 9.17) is 4.74 Å². The monoisotopic (exact) mass is 512 g/mol. The average molecular weight is 513 g/mol. The molecule has 0 aromatic rings. The van der Waals surface area contributed by atoms with E-state index < -0.39 is 56.9 Å². The van der Waals surface area contributed by atoms with Gasteiger partial charge in [0.15, 0.2) is 0 Å². The van der Waals surface area contributed by atoms with E-state index >= 15 is 4.39 Å². The van der Waals surface area contributed by atoms with Gasteiger partial charge < -0.3 is 10.1 Å². The highest BCUT2D eigenvalue weighted by Crippen LogP contribution is 2.70. The minimum atomic E-state index is -3.83. The van der Waals surface area contributed by atoms with Gasteiger partial charge in [-0.2, -0.15) is 0 Å². The van der Waals surface area contributed by atoms with Crippen molar-refractivity contribution in [1.29, 1.82) is 0 Å². The highest BCUT2D eigenvalue weighted by Gasteiger charge is 2.72. The summed E-state index contributed by atoms with van der Waals surface area (Å²) in [4.78, 5) is 26.0. The van der Waals surface area contributed by atoms with Crippen LogP contribution < -0.4 is 5.32 Å². The number of carbonyl (C=O) groups is 2. The average Bonchev–Trinajstić information content (AvgIpc) is 3.17. The van der Waals surface area contributed by atoms with Crippen molar-refractivity contribution in [3.63, 3.8) is 0 Å². The summed E-state index contributed by atoms with van der Waals surface area (Å²) in [6.07, 6.45) is 4.36. The molecule has 35 heavy (non-hydrogen) atoms. The summed E-state index contributed by atoms with van der Waals surface area (Å²) in [5.74, 6) is -2.37. The van der Waals surface area contributed by atoms with Crippen LogP contribution in [0.4, 0.5) is 9.18 Å². The lowest BCUT2D eigenvalue weighted by atomic mass is 9.69. The lowest BCUT2D eigenvalue weighted by Gasteiger charge is -2.37. The molecule has 3 rings (SSSR count). The Labute approximate surface area is 209 Å². The van der Waals surface area contributed by atoms with Crippen molar-refractivity contribution in [2.75, 3.05) is 5.75 Å². The molecular formula is C26H41FN2O5S. The number of nitrogens with zero attached hydrogens (tertiary/aromatic N) is 1. The molecule has 1 heterocycles. The van der Waals surface area contributed by atoms with Gasteiger partial charge in [-0.25, -0.2) is 21.9 Å². The Morgan fingerprint density at radius 2 is 1.91 bits per heavy atom. The van der Waals surface area contributed by atoms with E-state index in [1.54, 1.807) is 34.6 Å². The van der Waals surface area contributed by atoms with Gasteiger partial charge in [0.25, 0.3) is 0 Å². The van der Waals surface area contributed by atoms with Crippen molar-refractivity contribution in [3.8, 4) is 0 Å². The summed E-state index contributed by atoms with van der Waals surface area (Å²) in [6.45, 7) is 16.5. The third-order valence-corrected chi connectivity index (χ3v) is 10.3. The zero-order valence-electron chi connectivity index (χ0n) is 22.1. The number of fused-ring (bicyclic) bond motifs is 1. The second-order valence-corrected chi connectivity index (χ2v) is 14.2. The summed E-state index contributed by atoms with van der Waals surface area (Å²) in [7, 11) is -3.83. The van der Waals surface area contributed by atoms with E-state index in [-0.39, 0.29) is 23.5 Å². The molecule has 1 saturated heterocycles. The maximum Gasteiger partial charge on any atom is 0.408 e. The maximum atomic E-state index is 15.5. The Hall–Kier alpha value is -1.90. The molecule has 5 atom stereocenters. The van der Waals surface area contributed by atoms with Crippen LogP contribution in [0.1, 0.15) is 74.1 Å². The van der Waals surface area contributed by atoms with Crippen molar-refractivity contribution < 1.29 is 27.1 Å². The molecule has 2 aliphatic carbocycles. The van der Waals surface area contributed by atoms with Crippen molar-refractivity contribution in [3.05, 3.63) is 24.6 Å². The summed E-state index contributed by atoms with van der Waals surface area (Å²) in [5, 5.41) is 2.54. The number of rotatable bonds is 7. The van der Waals surface area contributed by atoms with Gasteiger partial charge >= 0.3 is 6.09 Å². The number of hydrogen-bond acceptors (Lipinski definition) is 5. The Kier molecular flexibility index (Phi) is 7.27. The molecule has 0 aromatic heterocycles. The van der Waals surface area contributed by atoms with Gasteiger partial charge in [-0.1, -0.05) is 33.8 Å². The van der Waals surface area contributed by atoms with Crippen molar-refractivity contribution >= 4 is 22.0 Å². The fourth-order valence-electron chi connectivity index (χ4n) is 6.45. The third kappa shape index (κ3) is 4.89. The molecule has 1 spiro atoms. The SMILES string of the molecule is C=CC[C@@H](/C=C(\F)[C@H](NC(=O)OC(C)(C)C)C(C)C)C(=O)N1C2CC3CCC2(CS1(=O)=O)C3(C)C. The Morgan fingerprint density at radius 1 is 1.29 bits per heavy atom. The highest BCUT2D eigenvalue weighted by atomic mass is 32.2. The van der Waals surface area contributed by atoms with Gasteiger partial charge in [0.1, 0.15) is 11.4 Å². The van der Waals surface area contributed by atoms with Crippen LogP contribution in [-0.4, -0.2) is 48.2 Å². The number of ether oxygens (including phenoxy) is 1. The van der Waals surface area contributed by atoms with Gasteiger partial charge in [-0.15, -0.1) is 6.58 Å². The Balaban J connectivity index is 1.89. The number of amides is 2. The molecule has 2 amide bonds. The molecule has 3 unspecified atom stereocenters. The molecule has 3 fully saturated rings. The second-order valence-electron chi connectivity index (χ2n) is 12.3. The van der Waals surface area contributed by atoms with Crippen molar-refractivity contribution in [1.82, 2.24) is 9.62 Å². The summed E-state index contributed by atoms with van der Waals surface area (Å²) < 4.78 is 48.4. The first-order valence-electron chi connectivity index (χ1n) is 12.5. The van der Waals surface area contributed by atoms with E-state index in [0.717, 1.165) is 23.2 Å². The maximum absolute atomic E-state index is 15.5. The van der Waals surface area contributed by atoms with Crippen molar-refractivity contribution in [2.45, 2.75) is 91.8 Å². The van der Waals surface area contributed by atoms with Crippen LogP contribution >= 0.6 is 0 Å². The molecule has 2 saturated carbocycles. The first-order chi connectivity index (χ1) is 16.0. The van der Waals surface area contributed by atoms with E-state index in [1.165, 1.54) is 6.08 Å². The third-order valence-electron chi connectivity index (χ3n) is 8.36. The lowest BCUT2D eigenvalue weighted by Crippen LogP contribution is -2.46. The highest BCUT2D eigenvalue weighted by molar-refractivity contribution is 7.90. The standard InChI is InChI=1S/C26H41FN2O5S/c1-9-10-17(13-19(27)21(16(2)3)28-23(31)34-24(4,5)6)22(30)29-20-14-18-11-12-26(20,25(18,7)8)15-35(29,32)33/h9,13,16-18,20-21H,1,10-12,14-15H2,2-8H3,(H,28,31)/b19-13-/t17-,18?,20?,21+,26?/m0/s1. The number of carbonyl (C=O) groups excluding carboxylic acids is 2. The molecule has 7 nitrogen and oxygen atoms in total. The molecule has 0 aromatic carbocycles. The first-order valence-corrected chi connectivity index (χ1v) is 14.1. The fraction of sp³-hybridized carbons (Fsp3) is 0.769. The summed E-state index contributed by atoms with van der Waals surface area (Å²) in [6, 6.07) is -1.41. The topological polar surface area (TPSA) is 92.8 Å². The predicted molar refractivity (Wildman–Crippen MR) is 133 cm³/mol. The van der Waals surface area contributed by atoms with E-state index in [1.807, 2.05) is 0 Å². The van der Waals surface area contributed by atoms with Crippen LogP contribution in [0.2, 0.25) is 0 Å². The summed E-state index contributed by atoms with van der Waals surface area (Å²) >= 11 is 0. The summed E-state index contributed by atoms with van der Waals surface area (Å²) in [5.41, 5.74) is -1.37. The van der Waals surface area contributed by atoms with Crippen LogP contribution in [0.15, 0.2) is 24.6 Å². The normalized spacial score (nSPS) is 30.7. The molecule has 1 aliphatic heterocycles. The molecule has 198 valence electrons. The minimum absolute atomic E-state index is 0.0399. The minimum Gasteiger partial charge on any atom is -0.444 e. The van der Waals surface area contributed by atoms with Crippen LogP contribution in [-0.2, 0) is 19.6 Å². The fourth-order valence-corrected chi connectivity index (χ4v) is 9.03. The first kappa shape index (κ1) is 27.7. The molecule has 0 radical (unpaired) electrons. The Bertz CT molecular complexity index is 1010. The van der Waals surface area contributed by atoms with E-state index in [9.17, 15) is 18.0 Å². The van der Waals surface area contributed by atoms with Gasteiger partial charge in [0, 0.05) is 5.41 Å². The number of alkyl carbamates (subject to hydrolysis) is 1. The van der Waals surface area contributed by atoms with Gasteiger partial charge in [0.05, 0.1) is 23.8 Å². The number of nitrogens with one attached hydrogen (secondary N) is 1. The molecule has 3 aliphatic rings. The van der Waals surface area contributed by atoms with E-state index in [0.29, 0.717) is 12.3 Å². The number of hydrogen-bond donors (Lipinski definition) is 1. The van der Waals surface area contributed by atoms with Gasteiger partial charge in [-0.05, 0) is 69.8 Å². The second kappa shape index (κ2) is 9.20. The van der Waals surface area contributed by atoms with Gasteiger partial charge in [-0.3, -0.25) is 4.79 Å². The van der Waals surface area contributed by atoms with Gasteiger partial charge in [0.2, 0.25) is 15.9 Å². The zero-order chi connectivity index (χ0) is 26.6. The lowest BCUT2D eigenvalue weighted by molar-refractivity contribution is -0.131. The largest absolute Gasteiger partial charge is 0.444 e. The van der Waals surface area contributed by atoms with Crippen LogP contribution in [0.5, 0.6) is 0 Å². The van der Waals surface area contributed by atoms with Crippen LogP contribution in [0.3, 0.4) is 0 Å². The number of allylic oxidation sites excluding steroid dienone is 1. The molecule has 2 bridgehead atoms. The zero-order valence-corrected chi connectivity index (χ0v) is 22.9. The Morgan fingerprint density at radius 3 is 2.43 bits per heavy atom.